The van der Waals surface area contributed by atoms with Gasteiger partial charge in [0, 0.05) is 0 Å². The number of hydrogen-bond acceptors (Lipinski definition) is 0. The smallest absolute Gasteiger partial charge is 0.0184 e. The van der Waals surface area contributed by atoms with Crippen LogP contribution in [0.2, 0.25) is 0 Å². The molecule has 0 aromatic heterocycles. The summed E-state index contributed by atoms with van der Waals surface area (Å²) in [5.41, 5.74) is 4.12. The van der Waals surface area contributed by atoms with Crippen molar-refractivity contribution in [3.8, 4) is 0 Å². The van der Waals surface area contributed by atoms with E-state index in [9.17, 15) is 0 Å². The molecule has 0 atom stereocenters. The van der Waals surface area contributed by atoms with E-state index in [1.54, 1.807) is 0 Å². The summed E-state index contributed by atoms with van der Waals surface area (Å²) in [5, 5.41) is 0. The Morgan fingerprint density at radius 1 is 0.800 bits per heavy atom. The van der Waals surface area contributed by atoms with Crippen LogP contribution in [0.15, 0.2) is 48.5 Å². The first-order chi connectivity index (χ1) is 7.34. The molecule has 0 unspecified atom stereocenters. The van der Waals surface area contributed by atoms with Gasteiger partial charge in [0.2, 0.25) is 0 Å². The standard InChI is InChI=1S/C15H15/c1-13-7-9-15(10-8-13)12-11-14-5-3-2-4-6-14/h3-10H,11-12H2,1H3. The fourth-order valence-corrected chi connectivity index (χ4v) is 1.63. The van der Waals surface area contributed by atoms with Crippen molar-refractivity contribution in [2.75, 3.05) is 0 Å². The molecule has 0 aliphatic carbocycles. The van der Waals surface area contributed by atoms with Crippen LogP contribution in [0.1, 0.15) is 16.7 Å². The summed E-state index contributed by atoms with van der Waals surface area (Å²) in [6.07, 6.45) is 2.22. The molecule has 0 N–H and O–H groups in total. The average molecular weight is 195 g/mol. The third kappa shape index (κ3) is 2.95. The summed E-state index contributed by atoms with van der Waals surface area (Å²) in [7, 11) is 0. The lowest BCUT2D eigenvalue weighted by Gasteiger charge is -2.02. The largest absolute Gasteiger partial charge is 0.0591 e. The van der Waals surface area contributed by atoms with Crippen LogP contribution in [0, 0.1) is 13.0 Å². The number of benzene rings is 2. The van der Waals surface area contributed by atoms with E-state index in [2.05, 4.69) is 49.4 Å². The predicted octanol–water partition coefficient (Wildman–Crippen LogP) is 3.58. The molecule has 0 aliphatic rings. The minimum Gasteiger partial charge on any atom is -0.0591 e. The predicted molar refractivity (Wildman–Crippen MR) is 63.9 cm³/mol. The molecule has 0 amide bonds. The summed E-state index contributed by atoms with van der Waals surface area (Å²) in [6.45, 7) is 2.12. The molecule has 75 valence electrons. The van der Waals surface area contributed by atoms with Crippen molar-refractivity contribution in [3.63, 3.8) is 0 Å². The fourth-order valence-electron chi connectivity index (χ4n) is 1.63. The van der Waals surface area contributed by atoms with Gasteiger partial charge < -0.3 is 0 Å². The second-order valence-corrected chi connectivity index (χ2v) is 3.89. The van der Waals surface area contributed by atoms with Crippen LogP contribution in [0.4, 0.5) is 0 Å². The Balaban J connectivity index is 1.96. The molecule has 2 aromatic carbocycles. The van der Waals surface area contributed by atoms with Crippen molar-refractivity contribution in [3.05, 3.63) is 71.3 Å². The van der Waals surface area contributed by atoms with Crippen LogP contribution in [0.3, 0.4) is 0 Å². The Labute approximate surface area is 91.6 Å². The average Bonchev–Trinajstić information content (AvgIpc) is 2.30. The van der Waals surface area contributed by atoms with Gasteiger partial charge in [-0.2, -0.15) is 0 Å². The highest BCUT2D eigenvalue weighted by molar-refractivity contribution is 5.23. The summed E-state index contributed by atoms with van der Waals surface area (Å²) < 4.78 is 0. The monoisotopic (exact) mass is 195 g/mol. The highest BCUT2D eigenvalue weighted by atomic mass is 14.0. The zero-order valence-electron chi connectivity index (χ0n) is 9.03. The molecule has 0 bridgehead atoms. The number of aryl methyl sites for hydroxylation is 3. The van der Waals surface area contributed by atoms with Crippen molar-refractivity contribution in [2.24, 2.45) is 0 Å². The molecule has 2 rings (SSSR count). The van der Waals surface area contributed by atoms with Gasteiger partial charge in [0.05, 0.1) is 0 Å². The minimum absolute atomic E-state index is 1.11. The van der Waals surface area contributed by atoms with Gasteiger partial charge in [-0.1, -0.05) is 54.1 Å². The van der Waals surface area contributed by atoms with Crippen molar-refractivity contribution in [2.45, 2.75) is 19.8 Å². The zero-order chi connectivity index (χ0) is 10.5. The second kappa shape index (κ2) is 4.79. The Kier molecular flexibility index (Phi) is 3.18. The molecule has 0 saturated carbocycles. The van der Waals surface area contributed by atoms with Crippen LogP contribution in [0.5, 0.6) is 0 Å². The number of rotatable bonds is 3. The third-order valence-corrected chi connectivity index (χ3v) is 2.61. The first-order valence-corrected chi connectivity index (χ1v) is 5.35. The summed E-state index contributed by atoms with van der Waals surface area (Å²) in [4.78, 5) is 0. The van der Waals surface area contributed by atoms with Crippen molar-refractivity contribution in [1.29, 1.82) is 0 Å². The zero-order valence-corrected chi connectivity index (χ0v) is 9.03. The molecule has 1 radical (unpaired) electrons. The first kappa shape index (κ1) is 9.97. The molecule has 0 spiro atoms. The molecule has 0 aliphatic heterocycles. The van der Waals surface area contributed by atoms with E-state index in [0.29, 0.717) is 0 Å². The van der Waals surface area contributed by atoms with Gasteiger partial charge in [-0.05, 0) is 37.0 Å². The maximum Gasteiger partial charge on any atom is -0.0184 e. The van der Waals surface area contributed by atoms with Gasteiger partial charge in [-0.25, -0.2) is 0 Å². The molecule has 2 aromatic rings. The van der Waals surface area contributed by atoms with Gasteiger partial charge in [0.25, 0.3) is 0 Å². The van der Waals surface area contributed by atoms with Gasteiger partial charge in [0.15, 0.2) is 0 Å². The van der Waals surface area contributed by atoms with Crippen LogP contribution in [-0.2, 0) is 12.8 Å². The van der Waals surface area contributed by atoms with Gasteiger partial charge in [0.1, 0.15) is 0 Å². The molecule has 0 nitrogen and oxygen atoms in total. The van der Waals surface area contributed by atoms with E-state index < -0.39 is 0 Å². The Morgan fingerprint density at radius 2 is 1.33 bits per heavy atom. The quantitative estimate of drug-likeness (QED) is 0.702. The molecule has 0 heterocycles. The van der Waals surface area contributed by atoms with E-state index in [1.807, 2.05) is 12.1 Å². The van der Waals surface area contributed by atoms with E-state index in [-0.39, 0.29) is 0 Å². The highest BCUT2D eigenvalue weighted by Gasteiger charge is 1.94. The molecule has 15 heavy (non-hydrogen) atoms. The first-order valence-electron chi connectivity index (χ1n) is 5.35. The Morgan fingerprint density at radius 3 is 1.93 bits per heavy atom. The van der Waals surface area contributed by atoms with Crippen LogP contribution in [-0.4, -0.2) is 0 Å². The highest BCUT2D eigenvalue weighted by Crippen LogP contribution is 2.08. The number of hydrogen-bond donors (Lipinski definition) is 0. The molecule has 0 fully saturated rings. The van der Waals surface area contributed by atoms with E-state index in [0.717, 1.165) is 12.8 Å². The summed E-state index contributed by atoms with van der Waals surface area (Å²) in [6, 6.07) is 20.0. The van der Waals surface area contributed by atoms with Gasteiger partial charge in [-0.3, -0.25) is 0 Å². The fraction of sp³-hybridized carbons (Fsp3) is 0.200. The summed E-state index contributed by atoms with van der Waals surface area (Å²) >= 11 is 0. The van der Waals surface area contributed by atoms with E-state index in [4.69, 9.17) is 0 Å². The molecular weight excluding hydrogens is 180 g/mol. The van der Waals surface area contributed by atoms with Crippen LogP contribution < -0.4 is 0 Å². The molecule has 0 heteroatoms. The Bertz CT molecular complexity index is 398. The maximum absolute atomic E-state index is 3.04. The second-order valence-electron chi connectivity index (χ2n) is 3.89. The maximum atomic E-state index is 3.04. The lowest BCUT2D eigenvalue weighted by Crippen LogP contribution is -1.90. The molecular formula is C15H15. The lowest BCUT2D eigenvalue weighted by molar-refractivity contribution is 0.959. The van der Waals surface area contributed by atoms with Gasteiger partial charge in [-0.15, -0.1) is 0 Å². The normalized spacial score (nSPS) is 10.2. The van der Waals surface area contributed by atoms with Crippen LogP contribution >= 0.6 is 0 Å². The molecule has 0 saturated heterocycles. The van der Waals surface area contributed by atoms with Crippen LogP contribution in [0.25, 0.3) is 0 Å². The minimum atomic E-state index is 1.11. The Hall–Kier alpha value is -1.56. The van der Waals surface area contributed by atoms with Crippen molar-refractivity contribution < 1.29 is 0 Å². The SMILES string of the molecule is Cc1ccc(CCc2cc[c]cc2)cc1. The third-order valence-electron chi connectivity index (χ3n) is 2.61. The van der Waals surface area contributed by atoms with Crippen molar-refractivity contribution in [1.82, 2.24) is 0 Å². The van der Waals surface area contributed by atoms with E-state index >= 15 is 0 Å². The van der Waals surface area contributed by atoms with E-state index in [1.165, 1.54) is 16.7 Å². The van der Waals surface area contributed by atoms with Gasteiger partial charge >= 0.3 is 0 Å². The topological polar surface area (TPSA) is 0 Å². The van der Waals surface area contributed by atoms with Crippen molar-refractivity contribution >= 4 is 0 Å². The lowest BCUT2D eigenvalue weighted by atomic mass is 10.0. The summed E-state index contributed by atoms with van der Waals surface area (Å²) in [5.74, 6) is 0.